The molecule has 0 N–H and O–H groups in total. The first-order valence-corrected chi connectivity index (χ1v) is 7.21. The van der Waals surface area contributed by atoms with Crippen molar-refractivity contribution in [3.8, 4) is 0 Å². The van der Waals surface area contributed by atoms with Crippen LogP contribution in [0.15, 0.2) is 47.2 Å². The van der Waals surface area contributed by atoms with Crippen LogP contribution in [0, 0.1) is 0 Å². The van der Waals surface area contributed by atoms with E-state index in [-0.39, 0.29) is 6.29 Å². The van der Waals surface area contributed by atoms with E-state index in [1.54, 1.807) is 12.5 Å². The topological polar surface area (TPSA) is 44.5 Å². The summed E-state index contributed by atoms with van der Waals surface area (Å²) in [6, 6.07) is 8.15. The molecule has 0 spiro atoms. The fourth-order valence-corrected chi connectivity index (χ4v) is 1.96. The molecule has 0 atom stereocenters. The Morgan fingerprint density at radius 3 is 2.43 bits per heavy atom. The van der Waals surface area contributed by atoms with Crippen LogP contribution in [0.25, 0.3) is 6.08 Å². The van der Waals surface area contributed by atoms with Gasteiger partial charge in [0.1, 0.15) is 6.26 Å². The maximum atomic E-state index is 5.58. The Kier molecular flexibility index (Phi) is 6.19. The normalized spacial score (nSPS) is 11.6. The highest BCUT2D eigenvalue weighted by Crippen LogP contribution is 2.19. The second-order valence-electron chi connectivity index (χ2n) is 4.44. The van der Waals surface area contributed by atoms with E-state index in [4.69, 9.17) is 13.9 Å². The van der Waals surface area contributed by atoms with Crippen LogP contribution in [0.2, 0.25) is 0 Å². The average molecular weight is 287 g/mol. The average Bonchev–Trinajstić information content (AvgIpc) is 3.01. The zero-order valence-corrected chi connectivity index (χ0v) is 12.5. The third-order valence-corrected chi connectivity index (χ3v) is 2.93. The van der Waals surface area contributed by atoms with Crippen LogP contribution in [0.3, 0.4) is 0 Å². The van der Waals surface area contributed by atoms with Gasteiger partial charge in [0.2, 0.25) is 0 Å². The smallest absolute Gasteiger partial charge is 0.197 e. The Bertz CT molecular complexity index is 526. The van der Waals surface area contributed by atoms with Crippen molar-refractivity contribution in [1.29, 1.82) is 0 Å². The van der Waals surface area contributed by atoms with Crippen LogP contribution in [0.5, 0.6) is 0 Å². The molecule has 0 aliphatic carbocycles. The van der Waals surface area contributed by atoms with Gasteiger partial charge >= 0.3 is 0 Å². The lowest BCUT2D eigenvalue weighted by atomic mass is 10.1. The second kappa shape index (κ2) is 8.39. The number of rotatable bonds is 8. The molecule has 0 radical (unpaired) electrons. The molecule has 21 heavy (non-hydrogen) atoms. The van der Waals surface area contributed by atoms with E-state index in [0.717, 1.165) is 17.0 Å². The maximum absolute atomic E-state index is 5.58. The molecule has 0 aliphatic rings. The van der Waals surface area contributed by atoms with E-state index in [0.29, 0.717) is 19.6 Å². The van der Waals surface area contributed by atoms with Gasteiger partial charge in [0.05, 0.1) is 6.20 Å². The van der Waals surface area contributed by atoms with E-state index in [1.807, 2.05) is 50.3 Å². The highest BCUT2D eigenvalue weighted by molar-refractivity contribution is 5.50. The number of benzene rings is 1. The van der Waals surface area contributed by atoms with E-state index in [9.17, 15) is 0 Å². The monoisotopic (exact) mass is 287 g/mol. The number of allylic oxidation sites excluding steroid dienone is 1. The van der Waals surface area contributed by atoms with Gasteiger partial charge in [-0.2, -0.15) is 0 Å². The van der Waals surface area contributed by atoms with Gasteiger partial charge in [-0.05, 0) is 19.4 Å². The molecule has 0 amide bonds. The molecule has 4 heteroatoms. The van der Waals surface area contributed by atoms with Gasteiger partial charge < -0.3 is 13.9 Å². The van der Waals surface area contributed by atoms with Crippen LogP contribution < -0.4 is 0 Å². The Balaban J connectivity index is 1.95. The van der Waals surface area contributed by atoms with E-state index in [2.05, 4.69) is 4.98 Å². The van der Waals surface area contributed by atoms with Gasteiger partial charge in [-0.15, -0.1) is 0 Å². The number of ether oxygens (including phenoxy) is 2. The minimum Gasteiger partial charge on any atom is -0.449 e. The van der Waals surface area contributed by atoms with E-state index >= 15 is 0 Å². The summed E-state index contributed by atoms with van der Waals surface area (Å²) >= 11 is 0. The molecule has 0 fully saturated rings. The van der Waals surface area contributed by atoms with Crippen molar-refractivity contribution < 1.29 is 13.9 Å². The van der Waals surface area contributed by atoms with E-state index < -0.39 is 0 Å². The number of hydrogen-bond acceptors (Lipinski definition) is 4. The molecule has 0 saturated carbocycles. The number of oxazole rings is 1. The molecule has 1 aromatic heterocycles. The molecule has 0 unspecified atom stereocenters. The van der Waals surface area contributed by atoms with Gasteiger partial charge in [-0.3, -0.25) is 0 Å². The largest absolute Gasteiger partial charge is 0.449 e. The molecule has 0 saturated heterocycles. The zero-order chi connectivity index (χ0) is 14.9. The van der Waals surface area contributed by atoms with Crippen molar-refractivity contribution in [2.45, 2.75) is 26.6 Å². The van der Waals surface area contributed by atoms with Crippen molar-refractivity contribution in [1.82, 2.24) is 4.98 Å². The summed E-state index contributed by atoms with van der Waals surface area (Å²) in [5.41, 5.74) is 2.15. The summed E-state index contributed by atoms with van der Waals surface area (Å²) < 4.78 is 16.3. The quantitative estimate of drug-likeness (QED) is 0.688. The SMILES string of the molecule is CCOC(OCC)c1ccc(C=CCc2ncco2)cc1. The molecular formula is C17H21NO3. The van der Waals surface area contributed by atoms with Crippen LogP contribution in [0.1, 0.15) is 37.2 Å². The summed E-state index contributed by atoms with van der Waals surface area (Å²) in [7, 11) is 0. The molecule has 2 rings (SSSR count). The Labute approximate surface area is 125 Å². The molecule has 0 aliphatic heterocycles. The first-order chi connectivity index (χ1) is 10.3. The van der Waals surface area contributed by atoms with Crippen LogP contribution in [-0.2, 0) is 15.9 Å². The Hall–Kier alpha value is -1.91. The maximum Gasteiger partial charge on any atom is 0.197 e. The molecule has 2 aromatic rings. The highest BCUT2D eigenvalue weighted by atomic mass is 16.7. The van der Waals surface area contributed by atoms with Crippen LogP contribution in [-0.4, -0.2) is 18.2 Å². The molecule has 4 nitrogen and oxygen atoms in total. The summed E-state index contributed by atoms with van der Waals surface area (Å²) in [6.07, 6.45) is 7.72. The van der Waals surface area contributed by atoms with Gasteiger partial charge in [-0.25, -0.2) is 4.98 Å². The predicted molar refractivity (Wildman–Crippen MR) is 81.7 cm³/mol. The molecule has 1 heterocycles. The Morgan fingerprint density at radius 2 is 1.86 bits per heavy atom. The minimum absolute atomic E-state index is 0.287. The number of nitrogens with zero attached hydrogens (tertiary/aromatic N) is 1. The van der Waals surface area contributed by atoms with Gasteiger partial charge in [0.25, 0.3) is 0 Å². The summed E-state index contributed by atoms with van der Waals surface area (Å²) in [4.78, 5) is 4.07. The highest BCUT2D eigenvalue weighted by Gasteiger charge is 2.10. The lowest BCUT2D eigenvalue weighted by Crippen LogP contribution is -2.08. The third kappa shape index (κ3) is 4.85. The fraction of sp³-hybridized carbons (Fsp3) is 0.353. The van der Waals surface area contributed by atoms with Gasteiger partial charge in [-0.1, -0.05) is 36.4 Å². The van der Waals surface area contributed by atoms with E-state index in [1.165, 1.54) is 0 Å². The molecule has 1 aromatic carbocycles. The number of hydrogen-bond donors (Lipinski definition) is 0. The van der Waals surface area contributed by atoms with Crippen molar-refractivity contribution in [3.05, 3.63) is 59.8 Å². The standard InChI is InChI=1S/C17H21NO3/c1-3-19-17(20-4-2)15-10-8-14(9-11-15)6-5-7-16-18-12-13-21-16/h5-6,8-13,17H,3-4,7H2,1-2H3. The minimum atomic E-state index is -0.287. The molecular weight excluding hydrogens is 266 g/mol. The summed E-state index contributed by atoms with van der Waals surface area (Å²) in [5.74, 6) is 0.718. The lowest BCUT2D eigenvalue weighted by molar-refractivity contribution is -0.140. The predicted octanol–water partition coefficient (Wildman–Crippen LogP) is 4.00. The first kappa shape index (κ1) is 15.5. The zero-order valence-electron chi connectivity index (χ0n) is 12.5. The summed E-state index contributed by atoms with van der Waals surface area (Å²) in [6.45, 7) is 5.18. The molecule has 112 valence electrons. The second-order valence-corrected chi connectivity index (χ2v) is 4.44. The van der Waals surface area contributed by atoms with Gasteiger partial charge in [0, 0.05) is 25.2 Å². The first-order valence-electron chi connectivity index (χ1n) is 7.21. The molecule has 0 bridgehead atoms. The van der Waals surface area contributed by atoms with Crippen LogP contribution in [0.4, 0.5) is 0 Å². The number of aromatic nitrogens is 1. The van der Waals surface area contributed by atoms with Crippen LogP contribution >= 0.6 is 0 Å². The summed E-state index contributed by atoms with van der Waals surface area (Å²) in [5, 5.41) is 0. The Morgan fingerprint density at radius 1 is 1.14 bits per heavy atom. The van der Waals surface area contributed by atoms with Gasteiger partial charge in [0.15, 0.2) is 12.2 Å². The third-order valence-electron chi connectivity index (χ3n) is 2.93. The van der Waals surface area contributed by atoms with Crippen molar-refractivity contribution in [3.63, 3.8) is 0 Å². The fourth-order valence-electron chi connectivity index (χ4n) is 1.96. The van der Waals surface area contributed by atoms with Crippen molar-refractivity contribution in [2.75, 3.05) is 13.2 Å². The van der Waals surface area contributed by atoms with Crippen molar-refractivity contribution >= 4 is 6.08 Å². The van der Waals surface area contributed by atoms with Crippen molar-refractivity contribution in [2.24, 2.45) is 0 Å². The lowest BCUT2D eigenvalue weighted by Gasteiger charge is -2.17.